The van der Waals surface area contributed by atoms with Gasteiger partial charge in [-0.2, -0.15) is 0 Å². The van der Waals surface area contributed by atoms with Crippen LogP contribution >= 0.6 is 22.9 Å². The Balaban J connectivity index is 1.49. The van der Waals surface area contributed by atoms with Crippen LogP contribution in [0.5, 0.6) is 5.75 Å². The molecule has 1 aromatic carbocycles. The fraction of sp³-hybridized carbons (Fsp3) is 0.238. The third-order valence-corrected chi connectivity index (χ3v) is 6.18. The molecule has 3 heterocycles. The molecular weight excluding hydrogens is 424 g/mol. The van der Waals surface area contributed by atoms with E-state index in [2.05, 4.69) is 15.3 Å². The number of benzene rings is 1. The number of hydrogen-bond acceptors (Lipinski definition) is 6. The van der Waals surface area contributed by atoms with Crippen LogP contribution in [0.25, 0.3) is 10.6 Å². The number of carbonyl (C=O) groups is 2. The van der Waals surface area contributed by atoms with Crippen LogP contribution in [0.2, 0.25) is 5.02 Å². The predicted molar refractivity (Wildman–Crippen MR) is 117 cm³/mol. The summed E-state index contributed by atoms with van der Waals surface area (Å²) in [4.78, 5) is 36.6. The predicted octanol–water partition coefficient (Wildman–Crippen LogP) is 4.17. The maximum Gasteiger partial charge on any atom is 0.231 e. The summed E-state index contributed by atoms with van der Waals surface area (Å²) in [6.07, 6.45) is 1.83. The Bertz CT molecular complexity index is 1100. The van der Waals surface area contributed by atoms with Crippen molar-refractivity contribution in [3.8, 4) is 16.3 Å². The number of ether oxygens (including phenoxy) is 1. The molecule has 0 radical (unpaired) electrons. The molecular formula is C21H19ClN4O3S. The second-order valence-corrected chi connectivity index (χ2v) is 8.29. The van der Waals surface area contributed by atoms with Gasteiger partial charge in [0.25, 0.3) is 0 Å². The Morgan fingerprint density at radius 2 is 2.17 bits per heavy atom. The van der Waals surface area contributed by atoms with Crippen molar-refractivity contribution in [2.75, 3.05) is 23.9 Å². The average molecular weight is 443 g/mol. The van der Waals surface area contributed by atoms with Crippen LogP contribution in [0.1, 0.15) is 12.1 Å². The van der Waals surface area contributed by atoms with Gasteiger partial charge >= 0.3 is 0 Å². The first-order valence-electron chi connectivity index (χ1n) is 9.30. The molecule has 1 atom stereocenters. The number of thiazole rings is 1. The second kappa shape index (κ2) is 8.41. The second-order valence-electron chi connectivity index (χ2n) is 6.86. The van der Waals surface area contributed by atoms with E-state index in [1.807, 2.05) is 25.1 Å². The summed E-state index contributed by atoms with van der Waals surface area (Å²) in [7, 11) is 1.53. The molecule has 1 aliphatic rings. The molecule has 9 heteroatoms. The number of nitrogens with zero attached hydrogens (tertiary/aromatic N) is 3. The number of aryl methyl sites for hydroxylation is 1. The van der Waals surface area contributed by atoms with Crippen LogP contribution in [-0.4, -0.2) is 35.4 Å². The summed E-state index contributed by atoms with van der Waals surface area (Å²) in [6.45, 7) is 2.13. The summed E-state index contributed by atoms with van der Waals surface area (Å²) < 4.78 is 5.34. The lowest BCUT2D eigenvalue weighted by Crippen LogP contribution is -2.28. The molecule has 0 saturated carbocycles. The third-order valence-electron chi connectivity index (χ3n) is 4.85. The summed E-state index contributed by atoms with van der Waals surface area (Å²) in [5.41, 5.74) is 2.16. The van der Waals surface area contributed by atoms with Gasteiger partial charge in [-0.1, -0.05) is 29.0 Å². The van der Waals surface area contributed by atoms with Gasteiger partial charge in [0.15, 0.2) is 5.13 Å². The van der Waals surface area contributed by atoms with E-state index < -0.39 is 5.92 Å². The fourth-order valence-electron chi connectivity index (χ4n) is 3.38. The molecule has 1 unspecified atom stereocenters. The lowest BCUT2D eigenvalue weighted by molar-refractivity contribution is -0.122. The molecule has 1 saturated heterocycles. The molecule has 1 aliphatic heterocycles. The van der Waals surface area contributed by atoms with Crippen LogP contribution < -0.4 is 15.0 Å². The first-order valence-corrected chi connectivity index (χ1v) is 10.5. The molecule has 1 N–H and O–H groups in total. The number of aromatic nitrogens is 2. The van der Waals surface area contributed by atoms with Crippen molar-refractivity contribution in [3.63, 3.8) is 0 Å². The standard InChI is InChI=1S/C21H19ClN4O3S/c1-12-19(15-5-3-4-8-23-15)30-21(24-12)25-20(28)13-9-18(27)26(11-13)16-10-14(22)6-7-17(16)29-2/h3-8,10,13H,9,11H2,1-2H3,(H,24,25,28). The Morgan fingerprint density at radius 3 is 2.90 bits per heavy atom. The van der Waals surface area contributed by atoms with E-state index in [4.69, 9.17) is 16.3 Å². The highest BCUT2D eigenvalue weighted by Crippen LogP contribution is 2.36. The number of hydrogen-bond donors (Lipinski definition) is 1. The molecule has 1 fully saturated rings. The largest absolute Gasteiger partial charge is 0.495 e. The summed E-state index contributed by atoms with van der Waals surface area (Å²) in [5.74, 6) is -0.360. The van der Waals surface area contributed by atoms with E-state index in [1.165, 1.54) is 18.4 Å². The van der Waals surface area contributed by atoms with Gasteiger partial charge in [0, 0.05) is 24.2 Å². The minimum atomic E-state index is -0.497. The Morgan fingerprint density at radius 1 is 1.33 bits per heavy atom. The molecule has 3 aromatic rings. The van der Waals surface area contributed by atoms with Gasteiger partial charge in [-0.3, -0.25) is 14.6 Å². The summed E-state index contributed by atoms with van der Waals surface area (Å²) >= 11 is 7.45. The minimum absolute atomic E-state index is 0.110. The highest BCUT2D eigenvalue weighted by Gasteiger charge is 2.36. The minimum Gasteiger partial charge on any atom is -0.495 e. The zero-order valence-electron chi connectivity index (χ0n) is 16.4. The molecule has 7 nitrogen and oxygen atoms in total. The van der Waals surface area contributed by atoms with E-state index >= 15 is 0 Å². The van der Waals surface area contributed by atoms with E-state index in [0.29, 0.717) is 21.6 Å². The molecule has 4 rings (SSSR count). The van der Waals surface area contributed by atoms with Gasteiger partial charge in [-0.25, -0.2) is 4.98 Å². The highest BCUT2D eigenvalue weighted by atomic mass is 35.5. The number of nitrogens with one attached hydrogen (secondary N) is 1. The van der Waals surface area contributed by atoms with Crippen molar-refractivity contribution in [1.82, 2.24) is 9.97 Å². The Labute approximate surface area is 182 Å². The zero-order valence-corrected chi connectivity index (χ0v) is 18.0. The molecule has 0 aliphatic carbocycles. The molecule has 30 heavy (non-hydrogen) atoms. The van der Waals surface area contributed by atoms with Gasteiger partial charge in [0.2, 0.25) is 11.8 Å². The molecule has 0 spiro atoms. The lowest BCUT2D eigenvalue weighted by atomic mass is 10.1. The number of pyridine rings is 1. The number of carbonyl (C=O) groups excluding carboxylic acids is 2. The topological polar surface area (TPSA) is 84.4 Å². The maximum atomic E-state index is 12.8. The fourth-order valence-corrected chi connectivity index (χ4v) is 4.49. The van der Waals surface area contributed by atoms with Crippen molar-refractivity contribution in [1.29, 1.82) is 0 Å². The monoisotopic (exact) mass is 442 g/mol. The molecule has 154 valence electrons. The van der Waals surface area contributed by atoms with Crippen LogP contribution in [0, 0.1) is 12.8 Å². The van der Waals surface area contributed by atoms with Crippen molar-refractivity contribution in [3.05, 3.63) is 53.3 Å². The maximum absolute atomic E-state index is 12.8. The van der Waals surface area contributed by atoms with Gasteiger partial charge in [-0.15, -0.1) is 0 Å². The Kier molecular flexibility index (Phi) is 5.69. The van der Waals surface area contributed by atoms with Crippen molar-refractivity contribution in [2.24, 2.45) is 5.92 Å². The summed E-state index contributed by atoms with van der Waals surface area (Å²) in [6, 6.07) is 10.7. The quantitative estimate of drug-likeness (QED) is 0.641. The van der Waals surface area contributed by atoms with Crippen LogP contribution in [0.3, 0.4) is 0 Å². The van der Waals surface area contributed by atoms with Gasteiger partial charge < -0.3 is 15.0 Å². The third kappa shape index (κ3) is 4.01. The normalized spacial score (nSPS) is 16.0. The van der Waals surface area contributed by atoms with E-state index in [9.17, 15) is 9.59 Å². The number of halogens is 1. The Hall–Kier alpha value is -2.97. The zero-order chi connectivity index (χ0) is 21.3. The van der Waals surface area contributed by atoms with Gasteiger partial charge in [0.05, 0.1) is 35.0 Å². The first-order chi connectivity index (χ1) is 14.5. The molecule has 0 bridgehead atoms. The first kappa shape index (κ1) is 20.3. The van der Waals surface area contributed by atoms with Crippen LogP contribution in [-0.2, 0) is 9.59 Å². The van der Waals surface area contributed by atoms with Gasteiger partial charge in [0.1, 0.15) is 5.75 Å². The van der Waals surface area contributed by atoms with E-state index in [0.717, 1.165) is 16.3 Å². The number of rotatable bonds is 5. The highest BCUT2D eigenvalue weighted by molar-refractivity contribution is 7.19. The summed E-state index contributed by atoms with van der Waals surface area (Å²) in [5, 5.41) is 3.83. The molecule has 2 aromatic heterocycles. The number of anilines is 2. The van der Waals surface area contributed by atoms with Crippen molar-refractivity contribution >= 4 is 45.6 Å². The lowest BCUT2D eigenvalue weighted by Gasteiger charge is -2.19. The van der Waals surface area contributed by atoms with Crippen LogP contribution in [0.15, 0.2) is 42.6 Å². The average Bonchev–Trinajstić information content (AvgIpc) is 3.31. The van der Waals surface area contributed by atoms with Crippen molar-refractivity contribution < 1.29 is 14.3 Å². The smallest absolute Gasteiger partial charge is 0.231 e. The number of methoxy groups -OCH3 is 1. The molecule has 2 amide bonds. The van der Waals surface area contributed by atoms with Gasteiger partial charge in [-0.05, 0) is 37.3 Å². The number of amides is 2. The van der Waals surface area contributed by atoms with E-state index in [-0.39, 0.29) is 24.8 Å². The van der Waals surface area contributed by atoms with Crippen LogP contribution in [0.4, 0.5) is 10.8 Å². The van der Waals surface area contributed by atoms with E-state index in [1.54, 1.807) is 29.3 Å². The SMILES string of the molecule is COc1ccc(Cl)cc1N1CC(C(=O)Nc2nc(C)c(-c3ccccn3)s2)CC1=O. The van der Waals surface area contributed by atoms with Crippen molar-refractivity contribution in [2.45, 2.75) is 13.3 Å².